The first-order chi connectivity index (χ1) is 4.79. The largest absolute Gasteiger partial charge is 1.00 e. The van der Waals surface area contributed by atoms with Crippen LogP contribution >= 0.6 is 0 Å². The molecule has 2 nitrogen and oxygen atoms in total. The normalized spacial score (nSPS) is 23.4. The molecule has 3 heteroatoms. The van der Waals surface area contributed by atoms with Crippen molar-refractivity contribution in [3.05, 3.63) is 17.5 Å². The molecule has 0 aromatic rings. The van der Waals surface area contributed by atoms with Gasteiger partial charge in [-0.05, 0) is 13.8 Å². The van der Waals surface area contributed by atoms with E-state index in [0.717, 1.165) is 13.1 Å². The molecule has 0 amide bonds. The number of hydrogen-bond donors (Lipinski definition) is 0. The molecule has 0 saturated carbocycles. The van der Waals surface area contributed by atoms with Crippen molar-refractivity contribution in [1.29, 1.82) is 0 Å². The Morgan fingerprint density at radius 1 is 1.55 bits per heavy atom. The molecule has 11 heavy (non-hydrogen) atoms. The molecule has 58 valence electrons. The zero-order valence-electron chi connectivity index (χ0n) is 7.58. The Kier molecular flexibility index (Phi) is 7.85. The SMILES string of the molecule is CC(C)OC1C=CC[N-]C1.[Rb+]. The maximum atomic E-state index is 5.51. The first kappa shape index (κ1) is 12.5. The second-order valence-electron chi connectivity index (χ2n) is 2.74. The Bertz CT molecular complexity index is 125. The third-order valence-electron chi connectivity index (χ3n) is 1.34. The van der Waals surface area contributed by atoms with E-state index in [1.807, 2.05) is 13.8 Å². The fourth-order valence-electron chi connectivity index (χ4n) is 0.988. The molecule has 0 aromatic carbocycles. The number of hydrogen-bond acceptors (Lipinski definition) is 1. The Morgan fingerprint density at radius 3 is 2.73 bits per heavy atom. The minimum absolute atomic E-state index is 0. The van der Waals surface area contributed by atoms with Gasteiger partial charge in [0.05, 0.1) is 12.2 Å². The summed E-state index contributed by atoms with van der Waals surface area (Å²) in [6, 6.07) is 0. The molecule has 0 radical (unpaired) electrons. The van der Waals surface area contributed by atoms with Crippen LogP contribution in [-0.4, -0.2) is 25.3 Å². The Labute approximate surface area is 118 Å². The van der Waals surface area contributed by atoms with Crippen molar-refractivity contribution in [3.8, 4) is 0 Å². The Balaban J connectivity index is 0.000001000. The second-order valence-corrected chi connectivity index (χ2v) is 2.74. The predicted octanol–water partition coefficient (Wildman–Crippen LogP) is -1.27. The minimum atomic E-state index is 0. The van der Waals surface area contributed by atoms with Crippen LogP contribution in [0, 0.1) is 0 Å². The fourth-order valence-corrected chi connectivity index (χ4v) is 0.988. The molecule has 0 bridgehead atoms. The van der Waals surface area contributed by atoms with Crippen LogP contribution in [-0.2, 0) is 4.74 Å². The Morgan fingerprint density at radius 2 is 2.27 bits per heavy atom. The number of nitrogens with zero attached hydrogens (tertiary/aromatic N) is 1. The molecule has 0 saturated heterocycles. The van der Waals surface area contributed by atoms with Crippen molar-refractivity contribution >= 4 is 0 Å². The fraction of sp³-hybridized carbons (Fsp3) is 0.750. The van der Waals surface area contributed by atoms with Crippen molar-refractivity contribution in [1.82, 2.24) is 0 Å². The van der Waals surface area contributed by atoms with Gasteiger partial charge in [-0.25, -0.2) is 0 Å². The molecule has 0 spiro atoms. The summed E-state index contributed by atoms with van der Waals surface area (Å²) in [5.41, 5.74) is 0. The van der Waals surface area contributed by atoms with E-state index in [0.29, 0.717) is 6.10 Å². The summed E-state index contributed by atoms with van der Waals surface area (Å²) in [5, 5.41) is 4.20. The molecule has 0 N–H and O–H groups in total. The average Bonchev–Trinajstić information content (AvgIpc) is 1.88. The van der Waals surface area contributed by atoms with Gasteiger partial charge in [-0.2, -0.15) is 0 Å². The van der Waals surface area contributed by atoms with Crippen LogP contribution in [0.5, 0.6) is 0 Å². The van der Waals surface area contributed by atoms with Gasteiger partial charge in [0.25, 0.3) is 0 Å². The molecule has 0 fully saturated rings. The molecular formula is C8H14NORb. The van der Waals surface area contributed by atoms with Crippen LogP contribution in [0.2, 0.25) is 0 Å². The van der Waals surface area contributed by atoms with Crippen molar-refractivity contribution in [2.45, 2.75) is 26.1 Å². The standard InChI is InChI=1S/C8H14NO.Rb/c1-7(2)10-8-4-3-5-9-6-8;/h3-4,7-8H,5-6H2,1-2H3;/q-1;+1. The van der Waals surface area contributed by atoms with E-state index in [-0.39, 0.29) is 64.3 Å². The molecule has 1 heterocycles. The molecule has 0 aliphatic carbocycles. The smallest absolute Gasteiger partial charge is 0.657 e. The molecule has 1 rings (SSSR count). The average molecular weight is 226 g/mol. The van der Waals surface area contributed by atoms with Gasteiger partial charge in [0.2, 0.25) is 0 Å². The molecule has 1 aliphatic heterocycles. The van der Waals surface area contributed by atoms with E-state index in [1.165, 1.54) is 0 Å². The maximum Gasteiger partial charge on any atom is 1.00 e. The van der Waals surface area contributed by atoms with Gasteiger partial charge in [-0.1, -0.05) is 6.08 Å². The maximum absolute atomic E-state index is 5.51. The first-order valence-corrected chi connectivity index (χ1v) is 3.74. The predicted molar refractivity (Wildman–Crippen MR) is 42.2 cm³/mol. The van der Waals surface area contributed by atoms with Crippen LogP contribution in [0.15, 0.2) is 12.2 Å². The second kappa shape index (κ2) is 6.93. The molecular weight excluding hydrogens is 212 g/mol. The van der Waals surface area contributed by atoms with Gasteiger partial charge in [0.15, 0.2) is 0 Å². The van der Waals surface area contributed by atoms with Crippen LogP contribution in [0.3, 0.4) is 0 Å². The van der Waals surface area contributed by atoms with E-state index in [9.17, 15) is 0 Å². The van der Waals surface area contributed by atoms with E-state index in [1.54, 1.807) is 0 Å². The third kappa shape index (κ3) is 5.67. The van der Waals surface area contributed by atoms with Crippen LogP contribution in [0.4, 0.5) is 0 Å². The van der Waals surface area contributed by atoms with E-state index in [2.05, 4.69) is 17.5 Å². The minimum Gasteiger partial charge on any atom is -0.657 e. The molecule has 1 aliphatic rings. The van der Waals surface area contributed by atoms with E-state index < -0.39 is 0 Å². The molecule has 0 aromatic heterocycles. The van der Waals surface area contributed by atoms with Crippen molar-refractivity contribution in [2.75, 3.05) is 13.1 Å². The Hall–Kier alpha value is 1.47. The number of rotatable bonds is 2. The summed E-state index contributed by atoms with van der Waals surface area (Å²) in [4.78, 5) is 0. The third-order valence-corrected chi connectivity index (χ3v) is 1.34. The van der Waals surface area contributed by atoms with Gasteiger partial charge in [0.1, 0.15) is 0 Å². The monoisotopic (exact) mass is 225 g/mol. The van der Waals surface area contributed by atoms with Crippen LogP contribution in [0.25, 0.3) is 5.32 Å². The van der Waals surface area contributed by atoms with Crippen molar-refractivity contribution < 1.29 is 62.9 Å². The summed E-state index contributed by atoms with van der Waals surface area (Å²) >= 11 is 0. The van der Waals surface area contributed by atoms with E-state index >= 15 is 0 Å². The van der Waals surface area contributed by atoms with Gasteiger partial charge in [-0.15, -0.1) is 19.2 Å². The topological polar surface area (TPSA) is 23.3 Å². The summed E-state index contributed by atoms with van der Waals surface area (Å²) < 4.78 is 5.51. The zero-order valence-corrected chi connectivity index (χ0v) is 12.5. The summed E-state index contributed by atoms with van der Waals surface area (Å²) in [6.07, 6.45) is 4.68. The van der Waals surface area contributed by atoms with Gasteiger partial charge in [0, 0.05) is 0 Å². The first-order valence-electron chi connectivity index (χ1n) is 3.74. The summed E-state index contributed by atoms with van der Waals surface area (Å²) in [7, 11) is 0. The van der Waals surface area contributed by atoms with Gasteiger partial charge < -0.3 is 10.1 Å². The molecule has 1 atom stereocenters. The molecule has 1 unspecified atom stereocenters. The van der Waals surface area contributed by atoms with Crippen LogP contribution in [0.1, 0.15) is 13.8 Å². The van der Waals surface area contributed by atoms with Gasteiger partial charge >= 0.3 is 58.2 Å². The number of ether oxygens (including phenoxy) is 1. The summed E-state index contributed by atoms with van der Waals surface area (Å²) in [6.45, 7) is 5.78. The van der Waals surface area contributed by atoms with E-state index in [4.69, 9.17) is 4.74 Å². The van der Waals surface area contributed by atoms with Gasteiger partial charge in [-0.3, -0.25) is 0 Å². The van der Waals surface area contributed by atoms with Crippen molar-refractivity contribution in [3.63, 3.8) is 0 Å². The van der Waals surface area contributed by atoms with Crippen LogP contribution < -0.4 is 58.2 Å². The summed E-state index contributed by atoms with van der Waals surface area (Å²) in [5.74, 6) is 0. The quantitative estimate of drug-likeness (QED) is 0.538. The van der Waals surface area contributed by atoms with Crippen molar-refractivity contribution in [2.24, 2.45) is 0 Å². The zero-order chi connectivity index (χ0) is 7.40.